The number of hydroxylamine groups is 2. The molecule has 0 bridgehead atoms. The molecule has 0 radical (unpaired) electrons. The van der Waals surface area contributed by atoms with Crippen LogP contribution in [0.1, 0.15) is 13.8 Å². The van der Waals surface area contributed by atoms with Crippen LogP contribution in [0.25, 0.3) is 0 Å². The molecule has 0 aromatic heterocycles. The van der Waals surface area contributed by atoms with Gasteiger partial charge in [0.2, 0.25) is 6.41 Å². The Hall–Kier alpha value is -0.940. The van der Waals surface area contributed by atoms with Gasteiger partial charge in [-0.1, -0.05) is 0 Å². The number of Topliss-reactive ketones (excluding diaryl/α,β-unsaturated/α-hetero) is 1. The maximum atomic E-state index is 11.2. The fraction of sp³-hybridized carbons (Fsp3) is 0.778. The highest BCUT2D eigenvalue weighted by molar-refractivity contribution is 5.83. The average molecular weight is 200 g/mol. The van der Waals surface area contributed by atoms with Crippen LogP contribution in [0.5, 0.6) is 0 Å². The molecule has 1 aliphatic rings. The lowest BCUT2D eigenvalue weighted by molar-refractivity contribution is -0.185. The van der Waals surface area contributed by atoms with Gasteiger partial charge in [0.25, 0.3) is 0 Å². The molecule has 1 rings (SSSR count). The molecule has 1 heterocycles. The summed E-state index contributed by atoms with van der Waals surface area (Å²) in [5.74, 6) is 0.00139. The number of rotatable bonds is 4. The highest BCUT2D eigenvalue weighted by Crippen LogP contribution is 2.09. The normalized spacial score (nSPS) is 23.6. The first-order valence-corrected chi connectivity index (χ1v) is 4.78. The Morgan fingerprint density at radius 2 is 2.29 bits per heavy atom. The first kappa shape index (κ1) is 11.1. The molecule has 0 saturated carbocycles. The van der Waals surface area contributed by atoms with Crippen LogP contribution in [0.2, 0.25) is 0 Å². The second-order valence-electron chi connectivity index (χ2n) is 3.28. The minimum atomic E-state index is -0.354. The fourth-order valence-electron chi connectivity index (χ4n) is 1.56. The first-order chi connectivity index (χ1) is 6.69. The number of carbonyl (C=O) groups is 2. The first-order valence-electron chi connectivity index (χ1n) is 4.78. The Morgan fingerprint density at radius 3 is 2.79 bits per heavy atom. The maximum absolute atomic E-state index is 11.2. The van der Waals surface area contributed by atoms with E-state index in [4.69, 9.17) is 4.84 Å². The topological polar surface area (TPSA) is 49.9 Å². The Balaban J connectivity index is 2.57. The van der Waals surface area contributed by atoms with E-state index in [0.717, 1.165) is 6.41 Å². The van der Waals surface area contributed by atoms with Crippen LogP contribution in [0.4, 0.5) is 0 Å². The van der Waals surface area contributed by atoms with Gasteiger partial charge in [0.1, 0.15) is 6.04 Å². The molecule has 1 atom stereocenters. The third-order valence-corrected chi connectivity index (χ3v) is 2.30. The van der Waals surface area contributed by atoms with Gasteiger partial charge in [-0.2, -0.15) is 5.06 Å². The van der Waals surface area contributed by atoms with E-state index in [0.29, 0.717) is 26.2 Å². The third-order valence-electron chi connectivity index (χ3n) is 2.30. The summed E-state index contributed by atoms with van der Waals surface area (Å²) in [6.07, 6.45) is 0.732. The second-order valence-corrected chi connectivity index (χ2v) is 3.28. The van der Waals surface area contributed by atoms with Crippen molar-refractivity contribution in [2.45, 2.75) is 19.9 Å². The van der Waals surface area contributed by atoms with Crippen LogP contribution in [0, 0.1) is 0 Å². The van der Waals surface area contributed by atoms with Gasteiger partial charge in [-0.05, 0) is 13.8 Å². The molecular weight excluding hydrogens is 184 g/mol. The molecule has 0 aromatic rings. The zero-order valence-corrected chi connectivity index (χ0v) is 8.60. The van der Waals surface area contributed by atoms with E-state index < -0.39 is 0 Å². The van der Waals surface area contributed by atoms with Gasteiger partial charge in [-0.25, -0.2) is 0 Å². The molecular formula is C9H16N2O3. The number of piperazine rings is 1. The summed E-state index contributed by atoms with van der Waals surface area (Å²) in [4.78, 5) is 28.7. The number of amides is 1. The standard InChI is InChI=1S/C9H16N2O3/c1-3-14-11-5-4-10(7-12)9(6-11)8(2)13/h7,9H,3-6H2,1-2H3. The summed E-state index contributed by atoms with van der Waals surface area (Å²) in [7, 11) is 0. The quantitative estimate of drug-likeness (QED) is 0.583. The van der Waals surface area contributed by atoms with Crippen LogP contribution < -0.4 is 0 Å². The van der Waals surface area contributed by atoms with Crippen molar-refractivity contribution in [2.75, 3.05) is 26.2 Å². The van der Waals surface area contributed by atoms with Crippen molar-refractivity contribution in [3.63, 3.8) is 0 Å². The minimum Gasteiger partial charge on any atom is -0.332 e. The minimum absolute atomic E-state index is 0.00139. The molecule has 1 amide bonds. The van der Waals surface area contributed by atoms with Gasteiger partial charge in [0.05, 0.1) is 13.2 Å². The van der Waals surface area contributed by atoms with Crippen LogP contribution in [-0.4, -0.2) is 54.4 Å². The molecule has 1 saturated heterocycles. The molecule has 80 valence electrons. The molecule has 5 nitrogen and oxygen atoms in total. The summed E-state index contributed by atoms with van der Waals surface area (Å²) < 4.78 is 0. The van der Waals surface area contributed by atoms with Crippen molar-refractivity contribution >= 4 is 12.2 Å². The van der Waals surface area contributed by atoms with Crippen LogP contribution in [0.3, 0.4) is 0 Å². The molecule has 1 aliphatic heterocycles. The molecule has 1 fully saturated rings. The highest BCUT2D eigenvalue weighted by atomic mass is 16.7. The highest BCUT2D eigenvalue weighted by Gasteiger charge is 2.29. The van der Waals surface area contributed by atoms with Gasteiger partial charge >= 0.3 is 0 Å². The zero-order chi connectivity index (χ0) is 10.6. The van der Waals surface area contributed by atoms with E-state index in [1.54, 1.807) is 5.06 Å². The lowest BCUT2D eigenvalue weighted by atomic mass is 10.1. The van der Waals surface area contributed by atoms with Crippen LogP contribution in [0.15, 0.2) is 0 Å². The number of carbonyl (C=O) groups excluding carboxylic acids is 2. The van der Waals surface area contributed by atoms with E-state index in [1.165, 1.54) is 11.8 Å². The molecule has 0 spiro atoms. The van der Waals surface area contributed by atoms with Crippen LogP contribution >= 0.6 is 0 Å². The van der Waals surface area contributed by atoms with E-state index in [2.05, 4.69) is 0 Å². The summed E-state index contributed by atoms with van der Waals surface area (Å²) in [5, 5.41) is 1.74. The summed E-state index contributed by atoms with van der Waals surface area (Å²) in [6, 6.07) is -0.354. The van der Waals surface area contributed by atoms with Crippen LogP contribution in [-0.2, 0) is 14.4 Å². The van der Waals surface area contributed by atoms with E-state index in [9.17, 15) is 9.59 Å². The lowest BCUT2D eigenvalue weighted by Gasteiger charge is -2.37. The Morgan fingerprint density at radius 1 is 1.57 bits per heavy atom. The van der Waals surface area contributed by atoms with Crippen molar-refractivity contribution in [1.82, 2.24) is 9.96 Å². The monoisotopic (exact) mass is 200 g/mol. The smallest absolute Gasteiger partial charge is 0.210 e. The van der Waals surface area contributed by atoms with Gasteiger partial charge in [-0.3, -0.25) is 14.4 Å². The SMILES string of the molecule is CCON1CCN(C=O)C(C(C)=O)C1. The predicted molar refractivity (Wildman–Crippen MR) is 50.4 cm³/mol. The number of ketones is 1. The summed E-state index contributed by atoms with van der Waals surface area (Å²) in [5.41, 5.74) is 0. The molecule has 0 N–H and O–H groups in total. The van der Waals surface area contributed by atoms with E-state index >= 15 is 0 Å². The van der Waals surface area contributed by atoms with E-state index in [1.807, 2.05) is 6.92 Å². The van der Waals surface area contributed by atoms with Crippen molar-refractivity contribution in [3.05, 3.63) is 0 Å². The Labute approximate surface area is 83.6 Å². The van der Waals surface area contributed by atoms with Crippen molar-refractivity contribution in [2.24, 2.45) is 0 Å². The van der Waals surface area contributed by atoms with Gasteiger partial charge in [0, 0.05) is 13.1 Å². The molecule has 5 heteroatoms. The molecule has 0 aliphatic carbocycles. The van der Waals surface area contributed by atoms with Gasteiger partial charge in [-0.15, -0.1) is 0 Å². The van der Waals surface area contributed by atoms with E-state index in [-0.39, 0.29) is 11.8 Å². The van der Waals surface area contributed by atoms with Crippen molar-refractivity contribution in [3.8, 4) is 0 Å². The third kappa shape index (κ3) is 2.52. The number of hydrogen-bond donors (Lipinski definition) is 0. The number of hydrogen-bond acceptors (Lipinski definition) is 4. The molecule has 0 aromatic carbocycles. The van der Waals surface area contributed by atoms with Gasteiger partial charge < -0.3 is 4.90 Å². The Bertz CT molecular complexity index is 220. The maximum Gasteiger partial charge on any atom is 0.210 e. The molecule has 14 heavy (non-hydrogen) atoms. The second kappa shape index (κ2) is 5.07. The fourth-order valence-corrected chi connectivity index (χ4v) is 1.56. The van der Waals surface area contributed by atoms with Crippen molar-refractivity contribution in [1.29, 1.82) is 0 Å². The van der Waals surface area contributed by atoms with Crippen molar-refractivity contribution < 1.29 is 14.4 Å². The zero-order valence-electron chi connectivity index (χ0n) is 8.60. The Kier molecular flexibility index (Phi) is 4.03. The lowest BCUT2D eigenvalue weighted by Crippen LogP contribution is -2.55. The predicted octanol–water partition coefficient (Wildman–Crippen LogP) is -0.331. The number of nitrogens with zero attached hydrogens (tertiary/aromatic N) is 2. The molecule has 1 unspecified atom stereocenters. The summed E-state index contributed by atoms with van der Waals surface area (Å²) >= 11 is 0. The largest absolute Gasteiger partial charge is 0.332 e. The van der Waals surface area contributed by atoms with Gasteiger partial charge in [0.15, 0.2) is 5.78 Å². The average Bonchev–Trinajstić information content (AvgIpc) is 2.18. The summed E-state index contributed by atoms with van der Waals surface area (Å²) in [6.45, 7) is 5.67.